The fourth-order valence-electron chi connectivity index (χ4n) is 0.902. The maximum absolute atomic E-state index is 8.34. The highest BCUT2D eigenvalue weighted by Crippen LogP contribution is 2.00. The third-order valence-corrected chi connectivity index (χ3v) is 1.37. The molecule has 0 saturated carbocycles. The lowest BCUT2D eigenvalue weighted by atomic mass is 10.3. The van der Waals surface area contributed by atoms with Crippen molar-refractivity contribution in [3.8, 4) is 0 Å². The van der Waals surface area contributed by atoms with E-state index in [2.05, 4.69) is 10.3 Å². The Hall–Kier alpha value is -1.52. The Kier molecular flexibility index (Phi) is 1.80. The zero-order chi connectivity index (χ0) is 8.43. The van der Waals surface area contributed by atoms with Crippen LogP contribution in [0.1, 0.15) is 11.4 Å². The molecular formula is C6H10N4O. The minimum Gasteiger partial charge on any atom is -0.409 e. The van der Waals surface area contributed by atoms with E-state index in [1.165, 1.54) is 0 Å². The summed E-state index contributed by atoms with van der Waals surface area (Å²) in [5.41, 5.74) is 6.81. The number of hydrogen-bond donors (Lipinski definition) is 2. The summed E-state index contributed by atoms with van der Waals surface area (Å²) in [6.45, 7) is 1.84. The van der Waals surface area contributed by atoms with Gasteiger partial charge in [0.1, 0.15) is 5.69 Å². The molecule has 0 aliphatic rings. The molecule has 0 fully saturated rings. The largest absolute Gasteiger partial charge is 0.409 e. The van der Waals surface area contributed by atoms with Crippen molar-refractivity contribution in [3.05, 3.63) is 17.5 Å². The number of nitrogens with zero attached hydrogens (tertiary/aromatic N) is 3. The molecule has 1 rings (SSSR count). The topological polar surface area (TPSA) is 76.4 Å². The molecule has 0 aromatic carbocycles. The Morgan fingerprint density at radius 2 is 2.45 bits per heavy atom. The lowest BCUT2D eigenvalue weighted by Gasteiger charge is -1.96. The van der Waals surface area contributed by atoms with E-state index in [0.717, 1.165) is 5.69 Å². The van der Waals surface area contributed by atoms with Crippen molar-refractivity contribution in [3.63, 3.8) is 0 Å². The average Bonchev–Trinajstić information content (AvgIpc) is 2.28. The van der Waals surface area contributed by atoms with Crippen LogP contribution < -0.4 is 5.73 Å². The summed E-state index contributed by atoms with van der Waals surface area (Å²) < 4.78 is 1.56. The zero-order valence-corrected chi connectivity index (χ0v) is 6.44. The van der Waals surface area contributed by atoms with Gasteiger partial charge >= 0.3 is 0 Å². The van der Waals surface area contributed by atoms with Gasteiger partial charge in [-0.15, -0.1) is 0 Å². The summed E-state index contributed by atoms with van der Waals surface area (Å²) in [4.78, 5) is 0. The van der Waals surface area contributed by atoms with Crippen molar-refractivity contribution in [1.29, 1.82) is 0 Å². The first-order valence-electron chi connectivity index (χ1n) is 3.13. The second-order valence-electron chi connectivity index (χ2n) is 2.28. The first-order valence-corrected chi connectivity index (χ1v) is 3.13. The monoisotopic (exact) mass is 154 g/mol. The van der Waals surface area contributed by atoms with Gasteiger partial charge in [0.05, 0.1) is 5.69 Å². The third kappa shape index (κ3) is 1.31. The van der Waals surface area contributed by atoms with Crippen LogP contribution in [0.25, 0.3) is 0 Å². The highest BCUT2D eigenvalue weighted by atomic mass is 16.4. The van der Waals surface area contributed by atoms with E-state index in [1.807, 2.05) is 6.92 Å². The number of aryl methyl sites for hydroxylation is 2. The maximum Gasteiger partial charge on any atom is 0.188 e. The minimum absolute atomic E-state index is 0.0769. The molecule has 0 unspecified atom stereocenters. The van der Waals surface area contributed by atoms with Crippen LogP contribution in [-0.4, -0.2) is 20.8 Å². The van der Waals surface area contributed by atoms with E-state index in [9.17, 15) is 0 Å². The summed E-state index contributed by atoms with van der Waals surface area (Å²) >= 11 is 0. The summed E-state index contributed by atoms with van der Waals surface area (Å²) in [6, 6.07) is 1.75. The Morgan fingerprint density at radius 1 is 1.82 bits per heavy atom. The number of hydrogen-bond acceptors (Lipinski definition) is 3. The van der Waals surface area contributed by atoms with E-state index < -0.39 is 0 Å². The Balaban J connectivity index is 3.13. The number of nitrogens with two attached hydrogens (primary N) is 1. The van der Waals surface area contributed by atoms with E-state index in [0.29, 0.717) is 5.69 Å². The number of rotatable bonds is 1. The van der Waals surface area contributed by atoms with Crippen LogP contribution >= 0.6 is 0 Å². The normalized spacial score (nSPS) is 12.0. The molecule has 1 aromatic rings. The number of aromatic nitrogens is 2. The standard InChI is InChI=1S/C6H10N4O/c1-4-3-5(6(7)9-11)10(2)8-4/h3,11H,1-2H3,(H2,7,9). The van der Waals surface area contributed by atoms with Gasteiger partial charge in [0.25, 0.3) is 0 Å². The molecule has 5 heteroatoms. The van der Waals surface area contributed by atoms with E-state index in [4.69, 9.17) is 10.9 Å². The second kappa shape index (κ2) is 2.61. The molecule has 3 N–H and O–H groups in total. The third-order valence-electron chi connectivity index (χ3n) is 1.37. The quantitative estimate of drug-likeness (QED) is 0.255. The SMILES string of the molecule is Cc1cc(/C(N)=N/O)n(C)n1. The predicted molar refractivity (Wildman–Crippen MR) is 40.5 cm³/mol. The van der Waals surface area contributed by atoms with Crippen molar-refractivity contribution >= 4 is 5.84 Å². The number of amidine groups is 1. The molecular weight excluding hydrogens is 144 g/mol. The fraction of sp³-hybridized carbons (Fsp3) is 0.333. The Morgan fingerprint density at radius 3 is 2.82 bits per heavy atom. The van der Waals surface area contributed by atoms with Crippen molar-refractivity contribution in [2.24, 2.45) is 17.9 Å². The van der Waals surface area contributed by atoms with Crippen molar-refractivity contribution in [2.75, 3.05) is 0 Å². The summed E-state index contributed by atoms with van der Waals surface area (Å²) in [5, 5.41) is 15.2. The molecule has 0 aliphatic heterocycles. The lowest BCUT2D eigenvalue weighted by Crippen LogP contribution is -2.17. The average molecular weight is 154 g/mol. The molecule has 60 valence electrons. The predicted octanol–water partition coefficient (Wildman–Crippen LogP) is -0.177. The summed E-state index contributed by atoms with van der Waals surface area (Å²) in [5.74, 6) is 0.0769. The van der Waals surface area contributed by atoms with Gasteiger partial charge < -0.3 is 10.9 Å². The second-order valence-corrected chi connectivity index (χ2v) is 2.28. The van der Waals surface area contributed by atoms with Gasteiger partial charge in [0.15, 0.2) is 5.84 Å². The van der Waals surface area contributed by atoms with E-state index in [1.54, 1.807) is 17.8 Å². The van der Waals surface area contributed by atoms with Gasteiger partial charge in [-0.25, -0.2) is 0 Å². The van der Waals surface area contributed by atoms with Gasteiger partial charge in [0, 0.05) is 7.05 Å². The Labute approximate surface area is 64.1 Å². The van der Waals surface area contributed by atoms with Gasteiger partial charge in [-0.3, -0.25) is 4.68 Å². The van der Waals surface area contributed by atoms with Crippen LogP contribution in [0.2, 0.25) is 0 Å². The summed E-state index contributed by atoms with van der Waals surface area (Å²) in [6.07, 6.45) is 0. The molecule has 0 spiro atoms. The first-order chi connectivity index (χ1) is 5.15. The fourth-order valence-corrected chi connectivity index (χ4v) is 0.902. The highest BCUT2D eigenvalue weighted by molar-refractivity contribution is 5.95. The molecule has 0 bridgehead atoms. The molecule has 5 nitrogen and oxygen atoms in total. The van der Waals surface area contributed by atoms with Crippen LogP contribution in [0.5, 0.6) is 0 Å². The number of oxime groups is 1. The lowest BCUT2D eigenvalue weighted by molar-refractivity contribution is 0.318. The highest BCUT2D eigenvalue weighted by Gasteiger charge is 2.05. The van der Waals surface area contributed by atoms with Gasteiger partial charge in [-0.2, -0.15) is 5.10 Å². The minimum atomic E-state index is 0.0769. The van der Waals surface area contributed by atoms with E-state index in [-0.39, 0.29) is 5.84 Å². The molecule has 11 heavy (non-hydrogen) atoms. The van der Waals surface area contributed by atoms with Gasteiger partial charge in [-0.1, -0.05) is 5.16 Å². The van der Waals surface area contributed by atoms with Crippen LogP contribution in [-0.2, 0) is 7.05 Å². The van der Waals surface area contributed by atoms with Crippen molar-refractivity contribution in [1.82, 2.24) is 9.78 Å². The first kappa shape index (κ1) is 7.59. The van der Waals surface area contributed by atoms with E-state index >= 15 is 0 Å². The molecule has 1 aromatic heterocycles. The van der Waals surface area contributed by atoms with Crippen LogP contribution in [0.4, 0.5) is 0 Å². The molecule has 0 atom stereocenters. The molecule has 0 aliphatic carbocycles. The van der Waals surface area contributed by atoms with Gasteiger partial charge in [-0.05, 0) is 13.0 Å². The molecule has 0 radical (unpaired) electrons. The van der Waals surface area contributed by atoms with Crippen molar-refractivity contribution < 1.29 is 5.21 Å². The molecule has 0 saturated heterocycles. The smallest absolute Gasteiger partial charge is 0.188 e. The van der Waals surface area contributed by atoms with Crippen LogP contribution in [0.15, 0.2) is 11.2 Å². The maximum atomic E-state index is 8.34. The van der Waals surface area contributed by atoms with Crippen LogP contribution in [0.3, 0.4) is 0 Å². The van der Waals surface area contributed by atoms with Crippen molar-refractivity contribution in [2.45, 2.75) is 6.92 Å². The molecule has 0 amide bonds. The zero-order valence-electron chi connectivity index (χ0n) is 6.44. The van der Waals surface area contributed by atoms with Gasteiger partial charge in [0.2, 0.25) is 0 Å². The summed E-state index contributed by atoms with van der Waals surface area (Å²) in [7, 11) is 1.74. The Bertz CT molecular complexity index is 289. The van der Waals surface area contributed by atoms with Crippen LogP contribution in [0, 0.1) is 6.92 Å². The molecule has 1 heterocycles.